The van der Waals surface area contributed by atoms with Crippen LogP contribution in [0.15, 0.2) is 133 Å². The Hall–Kier alpha value is -5.87. The summed E-state index contributed by atoms with van der Waals surface area (Å²) in [6, 6.07) is 45.4. The number of hydrogen-bond donors (Lipinski definition) is 2. The fraction of sp³-hybridized carbons (Fsp3) is 0.264. The molecule has 57 heavy (non-hydrogen) atoms. The Labute approximate surface area is 334 Å². The molecule has 284 valence electrons. The molecule has 0 unspecified atom stereocenters. The standard InChI is InChI=1S/C53H48O4/c1-5-28-51-38-20-12-14-22-40(38)52(29-6-2)42-31-37(45(55)32-43(42)53(30-7-3,50(51,52)4)41-23-15-13-21-39(41)51)49(56)57-46-27-25-34-17-9-11-19-36(34)48(46)47-35-18-10-8-16-33(35)24-26-44(47)54/h8-27,31-32,54-55H,5-7,28-30H2,1-4H3/t50-,51+,52-,53+/m1/s1. The number of hydrogen-bond acceptors (Lipinski definition) is 4. The molecule has 4 atom stereocenters. The lowest BCUT2D eigenvalue weighted by Gasteiger charge is -2.53. The Bertz CT molecular complexity index is 2800. The van der Waals surface area contributed by atoms with Gasteiger partial charge < -0.3 is 14.9 Å². The summed E-state index contributed by atoms with van der Waals surface area (Å²) in [4.78, 5) is 14.9. The molecule has 0 aliphatic heterocycles. The number of carbonyl (C=O) groups excluding carboxylic acids is 1. The lowest BCUT2D eigenvalue weighted by atomic mass is 9.48. The van der Waals surface area contributed by atoms with Crippen LogP contribution in [-0.2, 0) is 16.2 Å². The van der Waals surface area contributed by atoms with Gasteiger partial charge in [0.1, 0.15) is 22.8 Å². The topological polar surface area (TPSA) is 66.8 Å². The second-order valence-electron chi connectivity index (χ2n) is 16.8. The van der Waals surface area contributed by atoms with E-state index in [9.17, 15) is 15.0 Å². The van der Waals surface area contributed by atoms with Gasteiger partial charge in [-0.25, -0.2) is 4.79 Å². The molecule has 0 radical (unpaired) electrons. The van der Waals surface area contributed by atoms with Gasteiger partial charge in [-0.05, 0) is 98.5 Å². The molecule has 3 aliphatic rings. The van der Waals surface area contributed by atoms with Crippen molar-refractivity contribution in [2.75, 3.05) is 0 Å². The van der Waals surface area contributed by atoms with E-state index in [0.29, 0.717) is 16.9 Å². The molecule has 0 spiro atoms. The van der Waals surface area contributed by atoms with Gasteiger partial charge in [-0.2, -0.15) is 0 Å². The first-order valence-corrected chi connectivity index (χ1v) is 20.8. The SMILES string of the molecule is CCC[C@@]12c3ccccc3[C@@]3(CCC)c4cc(O)c(C(=O)Oc5ccc6ccccc6c5-c5c(O)ccc6ccccc56)cc4[C@@](CCC)(c4ccccc41)[C@@]23C. The van der Waals surface area contributed by atoms with Crippen LogP contribution in [-0.4, -0.2) is 16.2 Å². The van der Waals surface area contributed by atoms with Crippen molar-refractivity contribution in [3.05, 3.63) is 172 Å². The molecule has 7 aromatic carbocycles. The fourth-order valence-corrected chi connectivity index (χ4v) is 13.0. The molecule has 2 N–H and O–H groups in total. The Morgan fingerprint density at radius 1 is 0.509 bits per heavy atom. The first kappa shape index (κ1) is 35.5. The molecule has 4 heteroatoms. The number of benzene rings is 7. The highest BCUT2D eigenvalue weighted by molar-refractivity contribution is 6.10. The zero-order valence-corrected chi connectivity index (χ0v) is 33.2. The number of fused-ring (bicyclic) bond motifs is 11. The minimum Gasteiger partial charge on any atom is -0.507 e. The van der Waals surface area contributed by atoms with E-state index in [1.807, 2.05) is 78.9 Å². The van der Waals surface area contributed by atoms with E-state index in [2.05, 4.69) is 76.2 Å². The molecule has 0 amide bonds. The molecule has 0 saturated heterocycles. The minimum absolute atomic E-state index is 0.0708. The molecule has 0 fully saturated rings. The van der Waals surface area contributed by atoms with E-state index >= 15 is 0 Å². The van der Waals surface area contributed by atoms with Gasteiger partial charge >= 0.3 is 5.97 Å². The Kier molecular flexibility index (Phi) is 7.83. The zero-order valence-electron chi connectivity index (χ0n) is 33.2. The first-order valence-electron chi connectivity index (χ1n) is 20.8. The molecule has 4 nitrogen and oxygen atoms in total. The predicted octanol–water partition coefficient (Wildman–Crippen LogP) is 12.9. The van der Waals surface area contributed by atoms with Gasteiger partial charge in [-0.1, -0.05) is 156 Å². The van der Waals surface area contributed by atoms with E-state index in [4.69, 9.17) is 4.74 Å². The highest BCUT2D eigenvalue weighted by atomic mass is 16.5. The van der Waals surface area contributed by atoms with Crippen LogP contribution in [0.2, 0.25) is 0 Å². The summed E-state index contributed by atoms with van der Waals surface area (Å²) in [7, 11) is 0. The van der Waals surface area contributed by atoms with Crippen LogP contribution < -0.4 is 4.74 Å². The molecule has 0 aromatic heterocycles. The maximum Gasteiger partial charge on any atom is 0.347 e. The van der Waals surface area contributed by atoms with Crippen molar-refractivity contribution in [3.63, 3.8) is 0 Å². The summed E-state index contributed by atoms with van der Waals surface area (Å²) in [5.74, 6) is -0.280. The third-order valence-electron chi connectivity index (χ3n) is 14.7. The number of ether oxygens (including phenoxy) is 1. The summed E-state index contributed by atoms with van der Waals surface area (Å²) >= 11 is 0. The van der Waals surface area contributed by atoms with E-state index in [-0.39, 0.29) is 27.9 Å². The molecular weight excluding hydrogens is 701 g/mol. The molecule has 0 saturated carbocycles. The van der Waals surface area contributed by atoms with Crippen LogP contribution in [0.1, 0.15) is 110 Å². The van der Waals surface area contributed by atoms with Crippen molar-refractivity contribution < 1.29 is 19.7 Å². The van der Waals surface area contributed by atoms with Crippen LogP contribution in [0.25, 0.3) is 32.7 Å². The highest BCUT2D eigenvalue weighted by Gasteiger charge is 2.82. The highest BCUT2D eigenvalue weighted by Crippen LogP contribution is 2.85. The molecule has 0 bridgehead atoms. The van der Waals surface area contributed by atoms with Gasteiger partial charge in [0.05, 0.1) is 0 Å². The van der Waals surface area contributed by atoms with Crippen LogP contribution in [0.4, 0.5) is 0 Å². The summed E-state index contributed by atoms with van der Waals surface area (Å²) < 4.78 is 6.48. The van der Waals surface area contributed by atoms with Gasteiger partial charge in [0, 0.05) is 32.8 Å². The Morgan fingerprint density at radius 2 is 0.947 bits per heavy atom. The van der Waals surface area contributed by atoms with Gasteiger partial charge in [0.2, 0.25) is 0 Å². The summed E-state index contributed by atoms with van der Waals surface area (Å²) in [6.07, 6.45) is 5.81. The molecular formula is C53H48O4. The van der Waals surface area contributed by atoms with Gasteiger partial charge in [-0.15, -0.1) is 0 Å². The van der Waals surface area contributed by atoms with Crippen molar-refractivity contribution in [1.29, 1.82) is 0 Å². The number of aromatic hydroxyl groups is 2. The molecule has 10 rings (SSSR count). The zero-order chi connectivity index (χ0) is 39.3. The van der Waals surface area contributed by atoms with E-state index in [1.165, 1.54) is 22.3 Å². The van der Waals surface area contributed by atoms with Crippen molar-refractivity contribution in [2.24, 2.45) is 5.41 Å². The third kappa shape index (κ3) is 4.16. The quantitative estimate of drug-likeness (QED) is 0.114. The third-order valence-corrected chi connectivity index (χ3v) is 14.7. The summed E-state index contributed by atoms with van der Waals surface area (Å²) in [5.41, 5.74) is 7.82. The number of phenolic OH excluding ortho intramolecular Hbond substituents is 2. The van der Waals surface area contributed by atoms with Crippen LogP contribution in [0.3, 0.4) is 0 Å². The first-order chi connectivity index (χ1) is 27.7. The second kappa shape index (κ2) is 12.6. The Morgan fingerprint density at radius 3 is 1.47 bits per heavy atom. The van der Waals surface area contributed by atoms with Gasteiger partial charge in [-0.3, -0.25) is 0 Å². The monoisotopic (exact) mass is 748 g/mol. The second-order valence-corrected chi connectivity index (χ2v) is 16.8. The van der Waals surface area contributed by atoms with Crippen molar-refractivity contribution in [1.82, 2.24) is 0 Å². The smallest absolute Gasteiger partial charge is 0.347 e. The van der Waals surface area contributed by atoms with Crippen LogP contribution >= 0.6 is 0 Å². The van der Waals surface area contributed by atoms with Crippen LogP contribution in [0.5, 0.6) is 17.2 Å². The molecule has 3 aliphatic carbocycles. The van der Waals surface area contributed by atoms with E-state index in [0.717, 1.165) is 71.2 Å². The number of carbonyl (C=O) groups is 1. The summed E-state index contributed by atoms with van der Waals surface area (Å²) in [6.45, 7) is 9.43. The van der Waals surface area contributed by atoms with E-state index in [1.54, 1.807) is 6.07 Å². The lowest BCUT2D eigenvalue weighted by molar-refractivity contribution is 0.0540. The number of esters is 1. The largest absolute Gasteiger partial charge is 0.507 e. The molecule has 7 aromatic rings. The normalized spacial score (nSPS) is 23.6. The summed E-state index contributed by atoms with van der Waals surface area (Å²) in [5, 5.41) is 27.3. The van der Waals surface area contributed by atoms with Crippen LogP contribution in [0, 0.1) is 5.41 Å². The Balaban J connectivity index is 1.22. The number of rotatable bonds is 9. The average molecular weight is 749 g/mol. The molecule has 0 heterocycles. The van der Waals surface area contributed by atoms with Crippen molar-refractivity contribution in [3.8, 4) is 28.4 Å². The minimum atomic E-state index is -0.628. The maximum absolute atomic E-state index is 14.9. The lowest BCUT2D eigenvalue weighted by Crippen LogP contribution is -2.54. The predicted molar refractivity (Wildman–Crippen MR) is 230 cm³/mol. The fourth-order valence-electron chi connectivity index (χ4n) is 13.0. The van der Waals surface area contributed by atoms with Crippen molar-refractivity contribution >= 4 is 27.5 Å². The van der Waals surface area contributed by atoms with E-state index < -0.39 is 16.8 Å². The van der Waals surface area contributed by atoms with Crippen molar-refractivity contribution in [2.45, 2.75) is 82.5 Å². The number of phenols is 2. The van der Waals surface area contributed by atoms with Gasteiger partial charge in [0.25, 0.3) is 0 Å². The average Bonchev–Trinajstić information content (AvgIpc) is 3.63. The maximum atomic E-state index is 14.9. The van der Waals surface area contributed by atoms with Gasteiger partial charge in [0.15, 0.2) is 0 Å².